The lowest BCUT2D eigenvalue weighted by Gasteiger charge is -2.30. The highest BCUT2D eigenvalue weighted by atomic mass is 16.5. The zero-order chi connectivity index (χ0) is 14.1. The van der Waals surface area contributed by atoms with E-state index in [0.717, 1.165) is 6.42 Å². The third-order valence-electron chi connectivity index (χ3n) is 4.00. The lowest BCUT2D eigenvalue weighted by Crippen LogP contribution is -2.31. The number of nitriles is 1. The van der Waals surface area contributed by atoms with Gasteiger partial charge in [-0.05, 0) is 18.8 Å². The summed E-state index contributed by atoms with van der Waals surface area (Å²) in [6.07, 6.45) is 7.29. The smallest absolute Gasteiger partial charge is 0.224 e. The van der Waals surface area contributed by atoms with Crippen molar-refractivity contribution in [1.29, 1.82) is 5.26 Å². The minimum Gasteiger partial charge on any atom is -0.377 e. The molecule has 0 aliphatic heterocycles. The fourth-order valence-corrected chi connectivity index (χ4v) is 2.69. The molecule has 19 heavy (non-hydrogen) atoms. The summed E-state index contributed by atoms with van der Waals surface area (Å²) in [6.45, 7) is 3.24. The lowest BCUT2D eigenvalue weighted by atomic mass is 9.85. The molecule has 1 fully saturated rings. The van der Waals surface area contributed by atoms with E-state index >= 15 is 0 Å². The number of hydrogen-bond acceptors (Lipinski definition) is 3. The molecule has 1 aliphatic carbocycles. The Morgan fingerprint density at radius 3 is 2.84 bits per heavy atom. The molecule has 0 aromatic rings. The molecule has 0 bridgehead atoms. The van der Waals surface area contributed by atoms with Crippen molar-refractivity contribution in [2.75, 3.05) is 20.2 Å². The second-order valence-electron chi connectivity index (χ2n) is 5.34. The predicted octanol–water partition coefficient (Wildman–Crippen LogP) is 2.73. The molecule has 1 saturated carbocycles. The molecule has 2 atom stereocenters. The second kappa shape index (κ2) is 8.92. The molecule has 2 unspecified atom stereocenters. The summed E-state index contributed by atoms with van der Waals surface area (Å²) in [5.74, 6) is 0.735. The molecule has 0 heterocycles. The predicted molar refractivity (Wildman–Crippen MR) is 74.5 cm³/mol. The van der Waals surface area contributed by atoms with Crippen molar-refractivity contribution < 1.29 is 9.53 Å². The fraction of sp³-hybridized carbons (Fsp3) is 0.867. The van der Waals surface area contributed by atoms with Gasteiger partial charge >= 0.3 is 0 Å². The van der Waals surface area contributed by atoms with E-state index in [1.165, 1.54) is 25.7 Å². The molecule has 0 aromatic carbocycles. The molecule has 0 spiro atoms. The number of nitrogens with zero attached hydrogens (tertiary/aromatic N) is 2. The Bertz CT molecular complexity index is 312. The van der Waals surface area contributed by atoms with Gasteiger partial charge in [0.05, 0.1) is 31.6 Å². The van der Waals surface area contributed by atoms with Crippen LogP contribution in [0.15, 0.2) is 0 Å². The van der Waals surface area contributed by atoms with Gasteiger partial charge in [0.1, 0.15) is 0 Å². The Kier molecular flexibility index (Phi) is 7.50. The SMILES string of the molecule is CCC1CCCCC1OCCC(=O)N(C)CCC#N. The Labute approximate surface area is 116 Å². The number of carbonyl (C=O) groups is 1. The van der Waals surface area contributed by atoms with Crippen LogP contribution in [0.4, 0.5) is 0 Å². The summed E-state index contributed by atoms with van der Waals surface area (Å²) in [7, 11) is 1.75. The van der Waals surface area contributed by atoms with E-state index in [1.807, 2.05) is 6.07 Å². The van der Waals surface area contributed by atoms with Crippen LogP contribution in [-0.4, -0.2) is 37.1 Å². The van der Waals surface area contributed by atoms with Gasteiger partial charge in [-0.15, -0.1) is 0 Å². The first kappa shape index (κ1) is 16.0. The minimum atomic E-state index is 0.0686. The van der Waals surface area contributed by atoms with E-state index in [2.05, 4.69) is 6.92 Å². The highest BCUT2D eigenvalue weighted by Crippen LogP contribution is 2.29. The van der Waals surface area contributed by atoms with Crippen LogP contribution in [0.5, 0.6) is 0 Å². The lowest BCUT2D eigenvalue weighted by molar-refractivity contribution is -0.132. The first-order chi connectivity index (χ1) is 9.19. The summed E-state index contributed by atoms with van der Waals surface area (Å²) in [4.78, 5) is 13.4. The quantitative estimate of drug-likeness (QED) is 0.712. The maximum Gasteiger partial charge on any atom is 0.224 e. The monoisotopic (exact) mass is 266 g/mol. The van der Waals surface area contributed by atoms with Crippen LogP contribution < -0.4 is 0 Å². The van der Waals surface area contributed by atoms with Crippen molar-refractivity contribution in [2.45, 2.75) is 58.0 Å². The van der Waals surface area contributed by atoms with Gasteiger partial charge in [-0.1, -0.05) is 26.2 Å². The van der Waals surface area contributed by atoms with Crippen molar-refractivity contribution >= 4 is 5.91 Å². The Morgan fingerprint density at radius 2 is 2.16 bits per heavy atom. The Balaban J connectivity index is 2.21. The van der Waals surface area contributed by atoms with Crippen LogP contribution in [0.25, 0.3) is 0 Å². The summed E-state index contributed by atoms with van der Waals surface area (Å²) >= 11 is 0. The van der Waals surface area contributed by atoms with Gasteiger partial charge in [0, 0.05) is 13.6 Å². The fourth-order valence-electron chi connectivity index (χ4n) is 2.69. The summed E-state index contributed by atoms with van der Waals surface area (Å²) in [5, 5.41) is 8.49. The van der Waals surface area contributed by atoms with Gasteiger partial charge in [-0.2, -0.15) is 5.26 Å². The molecule has 0 N–H and O–H groups in total. The number of hydrogen-bond donors (Lipinski definition) is 0. The van der Waals surface area contributed by atoms with Gasteiger partial charge in [-0.25, -0.2) is 0 Å². The number of carbonyl (C=O) groups excluding carboxylic acids is 1. The van der Waals surface area contributed by atoms with Crippen LogP contribution in [0.2, 0.25) is 0 Å². The maximum atomic E-state index is 11.8. The van der Waals surface area contributed by atoms with Crippen molar-refractivity contribution in [1.82, 2.24) is 4.90 Å². The van der Waals surface area contributed by atoms with Gasteiger partial charge in [0.25, 0.3) is 0 Å². The van der Waals surface area contributed by atoms with Crippen molar-refractivity contribution in [3.63, 3.8) is 0 Å². The molecule has 0 saturated heterocycles. The highest BCUT2D eigenvalue weighted by molar-refractivity contribution is 5.75. The molecule has 0 radical (unpaired) electrons. The van der Waals surface area contributed by atoms with E-state index in [0.29, 0.717) is 38.0 Å². The molecule has 4 heteroatoms. The normalized spacial score (nSPS) is 22.8. The number of amides is 1. The summed E-state index contributed by atoms with van der Waals surface area (Å²) < 4.78 is 5.90. The third-order valence-corrected chi connectivity index (χ3v) is 4.00. The number of ether oxygens (including phenoxy) is 1. The van der Waals surface area contributed by atoms with Crippen LogP contribution in [0.3, 0.4) is 0 Å². The molecule has 1 amide bonds. The topological polar surface area (TPSA) is 53.3 Å². The van der Waals surface area contributed by atoms with Crippen LogP contribution in [0, 0.1) is 17.2 Å². The highest BCUT2D eigenvalue weighted by Gasteiger charge is 2.24. The van der Waals surface area contributed by atoms with E-state index < -0.39 is 0 Å². The first-order valence-corrected chi connectivity index (χ1v) is 7.41. The summed E-state index contributed by atoms with van der Waals surface area (Å²) in [6, 6.07) is 2.05. The van der Waals surface area contributed by atoms with Crippen LogP contribution in [0.1, 0.15) is 51.9 Å². The molecule has 108 valence electrons. The molecular formula is C15H26N2O2. The molecule has 4 nitrogen and oxygen atoms in total. The van der Waals surface area contributed by atoms with Crippen molar-refractivity contribution in [3.8, 4) is 6.07 Å². The van der Waals surface area contributed by atoms with Crippen molar-refractivity contribution in [2.24, 2.45) is 5.92 Å². The van der Waals surface area contributed by atoms with Gasteiger partial charge in [-0.3, -0.25) is 4.79 Å². The average Bonchev–Trinajstić information content (AvgIpc) is 2.45. The molecule has 1 aliphatic rings. The number of rotatable bonds is 7. The summed E-state index contributed by atoms with van der Waals surface area (Å²) in [5.41, 5.74) is 0. The van der Waals surface area contributed by atoms with E-state index in [-0.39, 0.29) is 5.91 Å². The van der Waals surface area contributed by atoms with E-state index in [4.69, 9.17) is 10.00 Å². The molecule has 1 rings (SSSR count). The van der Waals surface area contributed by atoms with Gasteiger partial charge < -0.3 is 9.64 Å². The third kappa shape index (κ3) is 5.61. The van der Waals surface area contributed by atoms with E-state index in [1.54, 1.807) is 11.9 Å². The van der Waals surface area contributed by atoms with Crippen molar-refractivity contribution in [3.05, 3.63) is 0 Å². The molecule has 0 aromatic heterocycles. The standard InChI is InChI=1S/C15H26N2O2/c1-3-13-7-4-5-8-14(13)19-12-9-15(18)17(2)11-6-10-16/h13-14H,3-9,11-12H2,1-2H3. The zero-order valence-electron chi connectivity index (χ0n) is 12.2. The average molecular weight is 266 g/mol. The Morgan fingerprint density at radius 1 is 1.42 bits per heavy atom. The van der Waals surface area contributed by atoms with Gasteiger partial charge in [0.2, 0.25) is 5.91 Å². The maximum absolute atomic E-state index is 11.8. The van der Waals surface area contributed by atoms with Crippen LogP contribution in [-0.2, 0) is 9.53 Å². The van der Waals surface area contributed by atoms with Crippen LogP contribution >= 0.6 is 0 Å². The van der Waals surface area contributed by atoms with Gasteiger partial charge in [0.15, 0.2) is 0 Å². The largest absolute Gasteiger partial charge is 0.377 e. The first-order valence-electron chi connectivity index (χ1n) is 7.41. The zero-order valence-corrected chi connectivity index (χ0v) is 12.2. The van der Waals surface area contributed by atoms with E-state index in [9.17, 15) is 4.79 Å². The minimum absolute atomic E-state index is 0.0686. The second-order valence-corrected chi connectivity index (χ2v) is 5.34. The molecular weight excluding hydrogens is 240 g/mol. The Hall–Kier alpha value is -1.08.